The normalized spacial score (nSPS) is 14.1. The second kappa shape index (κ2) is 6.17. The van der Waals surface area contributed by atoms with E-state index in [1.807, 2.05) is 29.2 Å². The van der Waals surface area contributed by atoms with Crippen LogP contribution in [0.5, 0.6) is 0 Å². The molecule has 0 unspecified atom stereocenters. The molecule has 1 heterocycles. The minimum Gasteiger partial charge on any atom is -0.423 e. The molecule has 6 heteroatoms. The van der Waals surface area contributed by atoms with Crippen molar-refractivity contribution in [2.45, 2.75) is 32.7 Å². The van der Waals surface area contributed by atoms with Gasteiger partial charge in [-0.3, -0.25) is 0 Å². The maximum absolute atomic E-state index is 12.5. The van der Waals surface area contributed by atoms with Crippen LogP contribution in [0.15, 0.2) is 35.1 Å². The van der Waals surface area contributed by atoms with Gasteiger partial charge >= 0.3 is 6.03 Å². The molecule has 0 radical (unpaired) electrons. The van der Waals surface area contributed by atoms with E-state index in [4.69, 9.17) is 4.42 Å². The topological polar surface area (TPSA) is 71.3 Å². The number of aromatic nitrogens is 2. The molecule has 0 atom stereocenters. The monoisotopic (exact) mass is 300 g/mol. The number of nitrogens with one attached hydrogen (secondary N) is 1. The standard InChI is InChI=1S/C16H20N4O2/c1-11(2)9-20(14-6-7-14)16(21)18-13-5-3-4-12(8-13)15-19-17-10-22-15/h3-5,8,10-11,14H,6-7,9H2,1-2H3,(H,18,21). The number of carbonyl (C=O) groups excluding carboxylic acids is 1. The molecule has 1 saturated carbocycles. The largest absolute Gasteiger partial charge is 0.423 e. The maximum atomic E-state index is 12.5. The summed E-state index contributed by atoms with van der Waals surface area (Å²) >= 11 is 0. The Hall–Kier alpha value is -2.37. The molecule has 2 aromatic rings. The summed E-state index contributed by atoms with van der Waals surface area (Å²) < 4.78 is 5.18. The molecular weight excluding hydrogens is 280 g/mol. The second-order valence-corrected chi connectivity index (χ2v) is 6.03. The molecule has 1 aliphatic carbocycles. The van der Waals surface area contributed by atoms with Crippen molar-refractivity contribution in [3.8, 4) is 11.5 Å². The number of nitrogens with zero attached hydrogens (tertiary/aromatic N) is 3. The van der Waals surface area contributed by atoms with Crippen molar-refractivity contribution in [2.75, 3.05) is 11.9 Å². The first-order valence-corrected chi connectivity index (χ1v) is 7.57. The van der Waals surface area contributed by atoms with Gasteiger partial charge in [0.2, 0.25) is 12.3 Å². The quantitative estimate of drug-likeness (QED) is 0.918. The Morgan fingerprint density at radius 2 is 2.27 bits per heavy atom. The minimum atomic E-state index is -0.0427. The first kappa shape index (κ1) is 14.6. The zero-order chi connectivity index (χ0) is 15.5. The predicted molar refractivity (Wildman–Crippen MR) is 83.3 cm³/mol. The number of hydrogen-bond donors (Lipinski definition) is 1. The molecule has 3 rings (SSSR count). The summed E-state index contributed by atoms with van der Waals surface area (Å²) in [7, 11) is 0. The molecule has 1 aromatic carbocycles. The summed E-state index contributed by atoms with van der Waals surface area (Å²) in [6.45, 7) is 5.03. The third-order valence-corrected chi connectivity index (χ3v) is 3.53. The van der Waals surface area contributed by atoms with E-state index in [2.05, 4.69) is 29.4 Å². The van der Waals surface area contributed by atoms with E-state index in [0.717, 1.165) is 30.6 Å². The number of urea groups is 1. The van der Waals surface area contributed by atoms with Gasteiger partial charge in [0, 0.05) is 23.8 Å². The van der Waals surface area contributed by atoms with Gasteiger partial charge in [-0.15, -0.1) is 10.2 Å². The molecule has 1 fully saturated rings. The van der Waals surface area contributed by atoms with Crippen LogP contribution < -0.4 is 5.32 Å². The molecule has 0 saturated heterocycles. The number of rotatable bonds is 5. The van der Waals surface area contributed by atoms with E-state index in [1.54, 1.807) is 0 Å². The second-order valence-electron chi connectivity index (χ2n) is 6.03. The van der Waals surface area contributed by atoms with Gasteiger partial charge in [-0.1, -0.05) is 19.9 Å². The fourth-order valence-electron chi connectivity index (χ4n) is 2.40. The SMILES string of the molecule is CC(C)CN(C(=O)Nc1cccc(-c2nnco2)c1)C1CC1. The predicted octanol–water partition coefficient (Wildman–Crippen LogP) is 3.39. The smallest absolute Gasteiger partial charge is 0.322 e. The number of hydrogen-bond acceptors (Lipinski definition) is 4. The highest BCUT2D eigenvalue weighted by molar-refractivity contribution is 5.90. The van der Waals surface area contributed by atoms with Crippen molar-refractivity contribution in [2.24, 2.45) is 5.92 Å². The zero-order valence-corrected chi connectivity index (χ0v) is 12.8. The molecule has 0 spiro atoms. The van der Waals surface area contributed by atoms with Gasteiger partial charge in [-0.25, -0.2) is 4.79 Å². The van der Waals surface area contributed by atoms with Crippen LogP contribution in [0.1, 0.15) is 26.7 Å². The maximum Gasteiger partial charge on any atom is 0.322 e. The van der Waals surface area contributed by atoms with E-state index in [0.29, 0.717) is 17.9 Å². The first-order valence-electron chi connectivity index (χ1n) is 7.57. The Kier molecular flexibility index (Phi) is 4.09. The van der Waals surface area contributed by atoms with Crippen LogP contribution in [-0.2, 0) is 0 Å². The summed E-state index contributed by atoms with van der Waals surface area (Å²) in [5.74, 6) is 0.897. The van der Waals surface area contributed by atoms with Gasteiger partial charge in [0.25, 0.3) is 0 Å². The van der Waals surface area contributed by atoms with Crippen LogP contribution in [-0.4, -0.2) is 33.7 Å². The third-order valence-electron chi connectivity index (χ3n) is 3.53. The lowest BCUT2D eigenvalue weighted by atomic mass is 10.2. The Balaban J connectivity index is 1.72. The van der Waals surface area contributed by atoms with E-state index < -0.39 is 0 Å². The highest BCUT2D eigenvalue weighted by atomic mass is 16.4. The average Bonchev–Trinajstić information content (AvgIpc) is 3.18. The Morgan fingerprint density at radius 1 is 1.45 bits per heavy atom. The van der Waals surface area contributed by atoms with E-state index in [9.17, 15) is 4.79 Å². The summed E-state index contributed by atoms with van der Waals surface area (Å²) in [5.41, 5.74) is 1.52. The molecule has 116 valence electrons. The fraction of sp³-hybridized carbons (Fsp3) is 0.438. The Labute approximate surface area is 129 Å². The summed E-state index contributed by atoms with van der Waals surface area (Å²) in [6.07, 6.45) is 3.49. The van der Waals surface area contributed by atoms with Gasteiger partial charge in [0.1, 0.15) is 0 Å². The van der Waals surface area contributed by atoms with Crippen molar-refractivity contribution in [3.63, 3.8) is 0 Å². The number of benzene rings is 1. The van der Waals surface area contributed by atoms with Gasteiger partial charge in [0.15, 0.2) is 0 Å². The lowest BCUT2D eigenvalue weighted by Crippen LogP contribution is -2.39. The molecule has 6 nitrogen and oxygen atoms in total. The van der Waals surface area contributed by atoms with Gasteiger partial charge in [-0.2, -0.15) is 0 Å². The zero-order valence-electron chi connectivity index (χ0n) is 12.8. The average molecular weight is 300 g/mol. The van der Waals surface area contributed by atoms with Crippen LogP contribution in [0, 0.1) is 5.92 Å². The minimum absolute atomic E-state index is 0.0427. The molecule has 22 heavy (non-hydrogen) atoms. The molecule has 1 aromatic heterocycles. The van der Waals surface area contributed by atoms with Gasteiger partial charge < -0.3 is 14.6 Å². The highest BCUT2D eigenvalue weighted by Crippen LogP contribution is 2.28. The Bertz CT molecular complexity index is 635. The molecule has 0 aliphatic heterocycles. The fourth-order valence-corrected chi connectivity index (χ4v) is 2.40. The van der Waals surface area contributed by atoms with Crippen molar-refractivity contribution >= 4 is 11.7 Å². The third kappa shape index (κ3) is 3.44. The molecule has 2 amide bonds. The van der Waals surface area contributed by atoms with Crippen LogP contribution in [0.4, 0.5) is 10.5 Å². The molecule has 0 bridgehead atoms. The van der Waals surface area contributed by atoms with Crippen molar-refractivity contribution in [3.05, 3.63) is 30.7 Å². The first-order chi connectivity index (χ1) is 10.6. The van der Waals surface area contributed by atoms with Gasteiger partial charge in [-0.05, 0) is 37.0 Å². The number of amides is 2. The molecule has 1 N–H and O–H groups in total. The number of anilines is 1. The van der Waals surface area contributed by atoms with Gasteiger partial charge in [0.05, 0.1) is 0 Å². The summed E-state index contributed by atoms with van der Waals surface area (Å²) in [5, 5.41) is 10.5. The van der Waals surface area contributed by atoms with E-state index in [1.165, 1.54) is 6.39 Å². The molecule has 1 aliphatic rings. The lowest BCUT2D eigenvalue weighted by molar-refractivity contribution is 0.201. The lowest BCUT2D eigenvalue weighted by Gasteiger charge is -2.24. The van der Waals surface area contributed by atoms with Crippen molar-refractivity contribution in [1.82, 2.24) is 15.1 Å². The van der Waals surface area contributed by atoms with Crippen molar-refractivity contribution < 1.29 is 9.21 Å². The summed E-state index contributed by atoms with van der Waals surface area (Å²) in [6, 6.07) is 7.78. The summed E-state index contributed by atoms with van der Waals surface area (Å²) in [4.78, 5) is 14.4. The van der Waals surface area contributed by atoms with Crippen LogP contribution in [0.25, 0.3) is 11.5 Å². The van der Waals surface area contributed by atoms with Crippen molar-refractivity contribution in [1.29, 1.82) is 0 Å². The van der Waals surface area contributed by atoms with Crippen LogP contribution in [0.3, 0.4) is 0 Å². The Morgan fingerprint density at radius 3 is 2.91 bits per heavy atom. The van der Waals surface area contributed by atoms with Crippen LogP contribution in [0.2, 0.25) is 0 Å². The van der Waals surface area contributed by atoms with Crippen LogP contribution >= 0.6 is 0 Å². The van der Waals surface area contributed by atoms with E-state index >= 15 is 0 Å². The van der Waals surface area contributed by atoms with E-state index in [-0.39, 0.29) is 6.03 Å². The highest BCUT2D eigenvalue weighted by Gasteiger charge is 2.32. The molecular formula is C16H20N4O2. The number of carbonyl (C=O) groups is 1.